The van der Waals surface area contributed by atoms with Gasteiger partial charge in [0.25, 0.3) is 5.91 Å². The maximum Gasteiger partial charge on any atom is 0.321 e. The van der Waals surface area contributed by atoms with E-state index in [0.717, 1.165) is 6.21 Å². The van der Waals surface area contributed by atoms with Gasteiger partial charge in [0.1, 0.15) is 5.78 Å². The van der Waals surface area contributed by atoms with Crippen LogP contribution < -0.4 is 5.32 Å². The van der Waals surface area contributed by atoms with Gasteiger partial charge in [-0.25, -0.2) is 0 Å². The zero-order valence-corrected chi connectivity index (χ0v) is 12.6. The number of halogens is 1. The number of hydrogen-bond donors (Lipinski definition) is 1. The minimum Gasteiger partial charge on any atom is -0.468 e. The van der Waals surface area contributed by atoms with Crippen molar-refractivity contribution < 1.29 is 19.1 Å². The average molecular weight is 311 g/mol. The van der Waals surface area contributed by atoms with Crippen molar-refractivity contribution in [2.24, 2.45) is 10.9 Å². The fourth-order valence-corrected chi connectivity index (χ4v) is 1.80. The van der Waals surface area contributed by atoms with Crippen LogP contribution in [0.2, 0.25) is 5.02 Å². The van der Waals surface area contributed by atoms with Crippen LogP contribution in [0, 0.1) is 5.92 Å². The second-order valence-electron chi connectivity index (χ2n) is 4.11. The van der Waals surface area contributed by atoms with E-state index in [9.17, 15) is 14.4 Å². The number of esters is 1. The molecule has 1 unspecified atom stereocenters. The third-order valence-electron chi connectivity index (χ3n) is 2.71. The van der Waals surface area contributed by atoms with Crippen molar-refractivity contribution in [1.29, 1.82) is 0 Å². The Kier molecular flexibility index (Phi) is 6.05. The quantitative estimate of drug-likeness (QED) is 0.510. The van der Waals surface area contributed by atoms with Gasteiger partial charge in [0.15, 0.2) is 5.92 Å². The fourth-order valence-electron chi connectivity index (χ4n) is 1.54. The molecule has 6 nitrogen and oxygen atoms in total. The Hall–Kier alpha value is -2.21. The summed E-state index contributed by atoms with van der Waals surface area (Å²) in [5.41, 5.74) is 0.541. The van der Waals surface area contributed by atoms with Crippen molar-refractivity contribution in [2.45, 2.75) is 6.92 Å². The first-order chi connectivity index (χ1) is 9.92. The van der Waals surface area contributed by atoms with Crippen LogP contribution in [-0.2, 0) is 14.3 Å². The number of rotatable bonds is 5. The molecule has 0 saturated heterocycles. The smallest absolute Gasteiger partial charge is 0.321 e. The van der Waals surface area contributed by atoms with E-state index in [0.29, 0.717) is 0 Å². The third-order valence-corrected chi connectivity index (χ3v) is 3.10. The molecular formula is C14H15ClN2O4. The van der Waals surface area contributed by atoms with Crippen molar-refractivity contribution >= 4 is 41.2 Å². The number of hydrogen-bond acceptors (Lipinski definition) is 5. The maximum atomic E-state index is 11.6. The lowest BCUT2D eigenvalue weighted by Gasteiger charge is -2.07. The molecule has 0 aliphatic rings. The summed E-state index contributed by atoms with van der Waals surface area (Å²) in [6, 6.07) is 4.72. The number of benzene rings is 1. The molecule has 0 fully saturated rings. The highest BCUT2D eigenvalue weighted by atomic mass is 35.5. The molecule has 7 heteroatoms. The number of ketones is 1. The van der Waals surface area contributed by atoms with Gasteiger partial charge >= 0.3 is 5.97 Å². The second-order valence-corrected chi connectivity index (χ2v) is 4.49. The van der Waals surface area contributed by atoms with Crippen molar-refractivity contribution in [2.75, 3.05) is 14.2 Å². The van der Waals surface area contributed by atoms with Crippen LogP contribution in [-0.4, -0.2) is 38.0 Å². The molecule has 0 bridgehead atoms. The molecule has 0 saturated carbocycles. The van der Waals surface area contributed by atoms with Crippen LogP contribution in [0.25, 0.3) is 0 Å². The molecule has 1 rings (SSSR count). The number of aliphatic imine (C=N–C) groups is 1. The Labute approximate surface area is 127 Å². The Morgan fingerprint density at radius 1 is 1.38 bits per heavy atom. The molecule has 1 N–H and O–H groups in total. The number of amides is 1. The lowest BCUT2D eigenvalue weighted by Crippen LogP contribution is -2.24. The highest BCUT2D eigenvalue weighted by Gasteiger charge is 2.22. The molecule has 0 aliphatic heterocycles. The van der Waals surface area contributed by atoms with Gasteiger partial charge in [0, 0.05) is 13.3 Å². The third kappa shape index (κ3) is 4.13. The van der Waals surface area contributed by atoms with Gasteiger partial charge < -0.3 is 10.1 Å². The summed E-state index contributed by atoms with van der Waals surface area (Å²) in [6.07, 6.45) is 1.16. The SMILES string of the molecule is CNC(=O)c1cccc(N=CC(C(C)=O)C(=O)OC)c1Cl. The maximum absolute atomic E-state index is 11.6. The summed E-state index contributed by atoms with van der Waals surface area (Å²) in [6.45, 7) is 1.26. The highest BCUT2D eigenvalue weighted by Crippen LogP contribution is 2.28. The van der Waals surface area contributed by atoms with E-state index < -0.39 is 17.7 Å². The number of nitrogens with zero attached hydrogens (tertiary/aromatic N) is 1. The van der Waals surface area contributed by atoms with E-state index in [1.807, 2.05) is 0 Å². The fraction of sp³-hybridized carbons (Fsp3) is 0.286. The number of ether oxygens (including phenoxy) is 1. The first-order valence-corrected chi connectivity index (χ1v) is 6.43. The van der Waals surface area contributed by atoms with E-state index in [1.165, 1.54) is 21.1 Å². The zero-order chi connectivity index (χ0) is 16.0. The van der Waals surface area contributed by atoms with Crippen LogP contribution in [0.1, 0.15) is 17.3 Å². The van der Waals surface area contributed by atoms with Gasteiger partial charge in [-0.3, -0.25) is 19.4 Å². The molecule has 1 atom stereocenters. The van der Waals surface area contributed by atoms with Gasteiger partial charge in [0.05, 0.1) is 23.4 Å². The first-order valence-electron chi connectivity index (χ1n) is 6.05. The Bertz CT molecular complexity index is 599. The van der Waals surface area contributed by atoms with Crippen LogP contribution in [0.4, 0.5) is 5.69 Å². The molecule has 1 aromatic rings. The van der Waals surface area contributed by atoms with Crippen molar-refractivity contribution in [3.05, 3.63) is 28.8 Å². The van der Waals surface area contributed by atoms with Crippen LogP contribution in [0.5, 0.6) is 0 Å². The molecule has 112 valence electrons. The normalized spacial score (nSPS) is 12.0. The van der Waals surface area contributed by atoms with E-state index in [-0.39, 0.29) is 22.2 Å². The number of Topliss-reactive ketones (excluding diaryl/α,β-unsaturated/α-hetero) is 1. The molecule has 0 aromatic heterocycles. The summed E-state index contributed by atoms with van der Waals surface area (Å²) in [4.78, 5) is 38.5. The molecular weight excluding hydrogens is 296 g/mol. The minimum absolute atomic E-state index is 0.139. The van der Waals surface area contributed by atoms with Gasteiger partial charge in [-0.05, 0) is 19.1 Å². The van der Waals surface area contributed by atoms with E-state index in [1.54, 1.807) is 18.2 Å². The molecule has 0 radical (unpaired) electrons. The summed E-state index contributed by atoms with van der Waals surface area (Å²) in [5, 5.41) is 2.60. The highest BCUT2D eigenvalue weighted by molar-refractivity contribution is 6.36. The van der Waals surface area contributed by atoms with Crippen LogP contribution in [0.15, 0.2) is 23.2 Å². The van der Waals surface area contributed by atoms with Gasteiger partial charge in [-0.15, -0.1) is 0 Å². The lowest BCUT2D eigenvalue weighted by atomic mass is 10.1. The summed E-state index contributed by atoms with van der Waals surface area (Å²) < 4.78 is 4.52. The van der Waals surface area contributed by atoms with E-state index in [4.69, 9.17) is 11.6 Å². The van der Waals surface area contributed by atoms with E-state index >= 15 is 0 Å². The Balaban J connectivity index is 3.12. The average Bonchev–Trinajstić information content (AvgIpc) is 2.47. The summed E-state index contributed by atoms with van der Waals surface area (Å²) in [7, 11) is 2.67. The molecule has 21 heavy (non-hydrogen) atoms. The Morgan fingerprint density at radius 3 is 2.57 bits per heavy atom. The zero-order valence-electron chi connectivity index (χ0n) is 11.8. The monoisotopic (exact) mass is 310 g/mol. The molecule has 1 amide bonds. The van der Waals surface area contributed by atoms with Crippen LogP contribution in [0.3, 0.4) is 0 Å². The van der Waals surface area contributed by atoms with Crippen molar-refractivity contribution in [1.82, 2.24) is 5.32 Å². The molecule has 0 spiro atoms. The number of nitrogens with one attached hydrogen (secondary N) is 1. The first kappa shape index (κ1) is 16.8. The molecule has 1 aromatic carbocycles. The van der Waals surface area contributed by atoms with Gasteiger partial charge in [0.2, 0.25) is 0 Å². The summed E-state index contributed by atoms with van der Waals surface area (Å²) in [5.74, 6) is -2.56. The summed E-state index contributed by atoms with van der Waals surface area (Å²) >= 11 is 6.08. The topological polar surface area (TPSA) is 84.8 Å². The largest absolute Gasteiger partial charge is 0.468 e. The Morgan fingerprint density at radius 2 is 2.05 bits per heavy atom. The molecule has 0 aliphatic carbocycles. The standard InChI is InChI=1S/C14H15ClN2O4/c1-8(18)10(14(20)21-3)7-17-11-6-4-5-9(12(11)15)13(19)16-2/h4-7,10H,1-3H3,(H,16,19). The van der Waals surface area contributed by atoms with Crippen molar-refractivity contribution in [3.63, 3.8) is 0 Å². The number of carbonyl (C=O) groups excluding carboxylic acids is 3. The second kappa shape index (κ2) is 7.54. The van der Waals surface area contributed by atoms with E-state index in [2.05, 4.69) is 15.0 Å². The number of methoxy groups -OCH3 is 1. The van der Waals surface area contributed by atoms with Crippen molar-refractivity contribution in [3.8, 4) is 0 Å². The lowest BCUT2D eigenvalue weighted by molar-refractivity contribution is -0.145. The minimum atomic E-state index is -1.10. The molecule has 0 heterocycles. The predicted molar refractivity (Wildman–Crippen MR) is 79.2 cm³/mol. The van der Waals surface area contributed by atoms with Crippen LogP contribution >= 0.6 is 11.6 Å². The number of carbonyl (C=O) groups is 3. The van der Waals surface area contributed by atoms with Gasteiger partial charge in [-0.1, -0.05) is 17.7 Å². The van der Waals surface area contributed by atoms with Gasteiger partial charge in [-0.2, -0.15) is 0 Å². The predicted octanol–water partition coefficient (Wildman–Crippen LogP) is 1.78.